The molecule has 22 heavy (non-hydrogen) atoms. The van der Waals surface area contributed by atoms with Crippen LogP contribution in [-0.2, 0) is 18.3 Å². The topological polar surface area (TPSA) is 76.4 Å². The van der Waals surface area contributed by atoms with Crippen molar-refractivity contribution in [3.63, 3.8) is 0 Å². The standard InChI is InChI=1S/C15H30N6O/c1-6-16-15(17-8-7-9-22-11-12(2)3)18-10-14-20-19-13(4)21(14)5/h12H,6-11H2,1-5H3,(H2,16,17,18). The van der Waals surface area contributed by atoms with E-state index >= 15 is 0 Å². The molecule has 0 aliphatic heterocycles. The molecule has 1 heterocycles. The van der Waals surface area contributed by atoms with Gasteiger partial charge in [0, 0.05) is 33.4 Å². The van der Waals surface area contributed by atoms with Crippen LogP contribution in [-0.4, -0.2) is 47.0 Å². The third-order valence-corrected chi connectivity index (χ3v) is 3.11. The number of guanidine groups is 1. The van der Waals surface area contributed by atoms with E-state index in [9.17, 15) is 0 Å². The lowest BCUT2D eigenvalue weighted by molar-refractivity contribution is 0.108. The summed E-state index contributed by atoms with van der Waals surface area (Å²) in [4.78, 5) is 4.53. The highest BCUT2D eigenvalue weighted by Gasteiger charge is 2.04. The molecule has 1 aromatic rings. The molecule has 1 rings (SSSR count). The van der Waals surface area contributed by atoms with Gasteiger partial charge in [-0.2, -0.15) is 0 Å². The van der Waals surface area contributed by atoms with Crippen LogP contribution in [0.15, 0.2) is 4.99 Å². The Morgan fingerprint density at radius 2 is 2.09 bits per heavy atom. The minimum atomic E-state index is 0.510. The van der Waals surface area contributed by atoms with Crippen molar-refractivity contribution >= 4 is 5.96 Å². The predicted molar refractivity (Wildman–Crippen MR) is 88.8 cm³/mol. The first kappa shape index (κ1) is 18.4. The van der Waals surface area contributed by atoms with E-state index in [0.29, 0.717) is 12.5 Å². The van der Waals surface area contributed by atoms with Crippen molar-refractivity contribution in [1.29, 1.82) is 0 Å². The highest BCUT2D eigenvalue weighted by molar-refractivity contribution is 5.79. The van der Waals surface area contributed by atoms with Gasteiger partial charge >= 0.3 is 0 Å². The molecule has 126 valence electrons. The van der Waals surface area contributed by atoms with Crippen LogP contribution in [0.1, 0.15) is 38.8 Å². The monoisotopic (exact) mass is 310 g/mol. The highest BCUT2D eigenvalue weighted by Crippen LogP contribution is 1.99. The van der Waals surface area contributed by atoms with Gasteiger partial charge < -0.3 is 19.9 Å². The molecule has 0 saturated heterocycles. The van der Waals surface area contributed by atoms with E-state index < -0.39 is 0 Å². The second kappa shape index (κ2) is 10.2. The van der Waals surface area contributed by atoms with Gasteiger partial charge in [-0.15, -0.1) is 10.2 Å². The highest BCUT2D eigenvalue weighted by atomic mass is 16.5. The zero-order valence-corrected chi connectivity index (χ0v) is 14.5. The van der Waals surface area contributed by atoms with Crippen molar-refractivity contribution in [2.45, 2.75) is 40.7 Å². The molecule has 0 aliphatic rings. The Kier molecular flexibility index (Phi) is 8.50. The number of aryl methyl sites for hydroxylation is 1. The Morgan fingerprint density at radius 3 is 2.68 bits per heavy atom. The number of hydrogen-bond acceptors (Lipinski definition) is 4. The van der Waals surface area contributed by atoms with E-state index in [1.165, 1.54) is 0 Å². The first-order valence-corrected chi connectivity index (χ1v) is 7.99. The number of nitrogens with one attached hydrogen (secondary N) is 2. The van der Waals surface area contributed by atoms with Crippen LogP contribution in [0.25, 0.3) is 0 Å². The second-order valence-corrected chi connectivity index (χ2v) is 5.67. The van der Waals surface area contributed by atoms with Gasteiger partial charge in [0.15, 0.2) is 11.8 Å². The maximum atomic E-state index is 5.56. The maximum Gasteiger partial charge on any atom is 0.191 e. The van der Waals surface area contributed by atoms with Gasteiger partial charge in [0.25, 0.3) is 0 Å². The van der Waals surface area contributed by atoms with Crippen molar-refractivity contribution in [2.75, 3.05) is 26.3 Å². The van der Waals surface area contributed by atoms with Gasteiger partial charge in [-0.25, -0.2) is 4.99 Å². The van der Waals surface area contributed by atoms with E-state index in [4.69, 9.17) is 4.74 Å². The Morgan fingerprint density at radius 1 is 1.32 bits per heavy atom. The molecular weight excluding hydrogens is 280 g/mol. The average molecular weight is 310 g/mol. The molecule has 7 nitrogen and oxygen atoms in total. The first-order chi connectivity index (χ1) is 10.5. The molecule has 0 bridgehead atoms. The molecule has 0 saturated carbocycles. The van der Waals surface area contributed by atoms with Gasteiger partial charge in [0.2, 0.25) is 0 Å². The molecule has 0 fully saturated rings. The fraction of sp³-hybridized carbons (Fsp3) is 0.800. The number of aromatic nitrogens is 3. The van der Waals surface area contributed by atoms with Crippen LogP contribution in [0.3, 0.4) is 0 Å². The summed E-state index contributed by atoms with van der Waals surface area (Å²) in [6.07, 6.45) is 0.959. The molecule has 0 aromatic carbocycles. The lowest BCUT2D eigenvalue weighted by Crippen LogP contribution is -2.38. The van der Waals surface area contributed by atoms with E-state index in [1.807, 2.05) is 18.5 Å². The van der Waals surface area contributed by atoms with Crippen LogP contribution < -0.4 is 10.6 Å². The minimum Gasteiger partial charge on any atom is -0.381 e. The molecule has 7 heteroatoms. The largest absolute Gasteiger partial charge is 0.381 e. The normalized spacial score (nSPS) is 12.0. The molecule has 2 N–H and O–H groups in total. The number of aliphatic imine (C=N–C) groups is 1. The van der Waals surface area contributed by atoms with E-state index in [1.54, 1.807) is 0 Å². The van der Waals surface area contributed by atoms with Crippen LogP contribution in [0.4, 0.5) is 0 Å². The fourth-order valence-corrected chi connectivity index (χ4v) is 1.78. The molecule has 0 unspecified atom stereocenters. The van der Waals surface area contributed by atoms with Gasteiger partial charge in [0.1, 0.15) is 12.4 Å². The van der Waals surface area contributed by atoms with E-state index in [0.717, 1.165) is 50.3 Å². The summed E-state index contributed by atoms with van der Waals surface area (Å²) in [5.41, 5.74) is 0. The summed E-state index contributed by atoms with van der Waals surface area (Å²) in [6, 6.07) is 0. The van der Waals surface area contributed by atoms with Crippen molar-refractivity contribution < 1.29 is 4.74 Å². The van der Waals surface area contributed by atoms with Gasteiger partial charge in [-0.3, -0.25) is 0 Å². The third-order valence-electron chi connectivity index (χ3n) is 3.11. The summed E-state index contributed by atoms with van der Waals surface area (Å²) < 4.78 is 7.51. The maximum absolute atomic E-state index is 5.56. The van der Waals surface area contributed by atoms with Crippen LogP contribution >= 0.6 is 0 Å². The smallest absolute Gasteiger partial charge is 0.191 e. The molecule has 0 aliphatic carbocycles. The van der Waals surface area contributed by atoms with E-state index in [-0.39, 0.29) is 0 Å². The molecule has 0 spiro atoms. The average Bonchev–Trinajstić information content (AvgIpc) is 2.79. The van der Waals surface area contributed by atoms with Crippen LogP contribution in [0.5, 0.6) is 0 Å². The Balaban J connectivity index is 2.34. The summed E-state index contributed by atoms with van der Waals surface area (Å²) in [5, 5.41) is 14.7. The number of rotatable bonds is 9. The number of hydrogen-bond donors (Lipinski definition) is 2. The Labute approximate surface area is 133 Å². The minimum absolute atomic E-state index is 0.510. The number of ether oxygens (including phenoxy) is 1. The SMILES string of the molecule is CCNC(=NCc1nnc(C)n1C)NCCCOCC(C)C. The summed E-state index contributed by atoms with van der Waals surface area (Å²) in [5.74, 6) is 3.13. The third kappa shape index (κ3) is 6.89. The summed E-state index contributed by atoms with van der Waals surface area (Å²) in [6.45, 7) is 12.1. The van der Waals surface area contributed by atoms with Crippen molar-refractivity contribution in [1.82, 2.24) is 25.4 Å². The first-order valence-electron chi connectivity index (χ1n) is 7.99. The van der Waals surface area contributed by atoms with Crippen molar-refractivity contribution in [2.24, 2.45) is 18.0 Å². The lowest BCUT2D eigenvalue weighted by Gasteiger charge is -2.11. The molecule has 0 atom stereocenters. The lowest BCUT2D eigenvalue weighted by atomic mass is 10.2. The van der Waals surface area contributed by atoms with Gasteiger partial charge in [-0.1, -0.05) is 13.8 Å². The molecule has 1 aromatic heterocycles. The molecular formula is C15H30N6O. The van der Waals surface area contributed by atoms with Crippen molar-refractivity contribution in [3.05, 3.63) is 11.6 Å². The number of nitrogens with zero attached hydrogens (tertiary/aromatic N) is 4. The quantitative estimate of drug-likeness (QED) is 0.408. The predicted octanol–water partition coefficient (Wildman–Crippen LogP) is 1.24. The summed E-state index contributed by atoms with van der Waals surface area (Å²) in [7, 11) is 1.95. The zero-order valence-electron chi connectivity index (χ0n) is 14.5. The molecule has 0 radical (unpaired) electrons. The van der Waals surface area contributed by atoms with Gasteiger partial charge in [0.05, 0.1) is 0 Å². The summed E-state index contributed by atoms with van der Waals surface area (Å²) >= 11 is 0. The van der Waals surface area contributed by atoms with Crippen LogP contribution in [0.2, 0.25) is 0 Å². The molecule has 0 amide bonds. The second-order valence-electron chi connectivity index (χ2n) is 5.67. The fourth-order valence-electron chi connectivity index (χ4n) is 1.78. The zero-order chi connectivity index (χ0) is 16.4. The van der Waals surface area contributed by atoms with Crippen LogP contribution in [0, 0.1) is 12.8 Å². The van der Waals surface area contributed by atoms with Crippen molar-refractivity contribution in [3.8, 4) is 0 Å². The Bertz CT molecular complexity index is 455. The Hall–Kier alpha value is -1.63. The van der Waals surface area contributed by atoms with Gasteiger partial charge in [-0.05, 0) is 26.2 Å². The van der Waals surface area contributed by atoms with E-state index in [2.05, 4.69) is 46.6 Å².